The van der Waals surface area contributed by atoms with Crippen LogP contribution >= 0.6 is 0 Å². The van der Waals surface area contributed by atoms with Gasteiger partial charge in [-0.1, -0.05) is 26.0 Å². The van der Waals surface area contributed by atoms with Gasteiger partial charge in [-0.15, -0.1) is 0 Å². The Balaban J connectivity index is 2.08. The van der Waals surface area contributed by atoms with Crippen LogP contribution in [0.2, 0.25) is 0 Å². The third-order valence-corrected chi connectivity index (χ3v) is 4.14. The van der Waals surface area contributed by atoms with Crippen LogP contribution in [-0.4, -0.2) is 36.5 Å². The van der Waals surface area contributed by atoms with Gasteiger partial charge < -0.3 is 15.5 Å². The van der Waals surface area contributed by atoms with Gasteiger partial charge in [0.05, 0.1) is 11.3 Å². The zero-order chi connectivity index (χ0) is 16.8. The largest absolute Gasteiger partial charge is 0.339 e. The number of rotatable bonds is 5. The zero-order valence-electron chi connectivity index (χ0n) is 14.3. The molecule has 0 saturated carbocycles. The first kappa shape index (κ1) is 17.3. The summed E-state index contributed by atoms with van der Waals surface area (Å²) in [5, 5.41) is 5.71. The van der Waals surface area contributed by atoms with Crippen LogP contribution in [0.1, 0.15) is 49.0 Å². The zero-order valence-corrected chi connectivity index (χ0v) is 14.3. The second-order valence-corrected chi connectivity index (χ2v) is 6.56. The van der Waals surface area contributed by atoms with Gasteiger partial charge in [0.2, 0.25) is 0 Å². The summed E-state index contributed by atoms with van der Waals surface area (Å²) in [7, 11) is 0. The Bertz CT molecular complexity index is 563. The van der Waals surface area contributed by atoms with E-state index < -0.39 is 0 Å². The Morgan fingerprint density at radius 2 is 1.91 bits per heavy atom. The van der Waals surface area contributed by atoms with E-state index in [0.717, 1.165) is 37.9 Å². The molecule has 5 nitrogen and oxygen atoms in total. The Kier molecular flexibility index (Phi) is 6.02. The highest BCUT2D eigenvalue weighted by atomic mass is 16.2. The lowest BCUT2D eigenvalue weighted by molar-refractivity contribution is 0.0794. The number of likely N-dealkylation sites (tertiary alicyclic amines) is 1. The fraction of sp³-hybridized carbons (Fsp3) is 0.556. The number of hydrogen-bond donors (Lipinski definition) is 2. The molecule has 23 heavy (non-hydrogen) atoms. The van der Waals surface area contributed by atoms with E-state index in [0.29, 0.717) is 23.7 Å². The Morgan fingerprint density at radius 3 is 2.57 bits per heavy atom. The molecule has 1 aliphatic heterocycles. The van der Waals surface area contributed by atoms with Gasteiger partial charge in [0.1, 0.15) is 0 Å². The third-order valence-electron chi connectivity index (χ3n) is 4.14. The lowest BCUT2D eigenvalue weighted by atomic mass is 10.1. The number of carbonyl (C=O) groups is 2. The van der Waals surface area contributed by atoms with Crippen LogP contribution < -0.4 is 10.6 Å². The molecule has 126 valence electrons. The van der Waals surface area contributed by atoms with Crippen molar-refractivity contribution < 1.29 is 9.59 Å². The van der Waals surface area contributed by atoms with E-state index in [9.17, 15) is 9.59 Å². The molecule has 1 aromatic rings. The second-order valence-electron chi connectivity index (χ2n) is 6.56. The molecule has 0 atom stereocenters. The van der Waals surface area contributed by atoms with E-state index in [1.54, 1.807) is 6.07 Å². The summed E-state index contributed by atoms with van der Waals surface area (Å²) in [6.45, 7) is 8.37. The Hall–Kier alpha value is -2.04. The van der Waals surface area contributed by atoms with Gasteiger partial charge in [-0.25, -0.2) is 4.79 Å². The monoisotopic (exact) mass is 317 g/mol. The molecule has 5 heteroatoms. The maximum atomic E-state index is 12.7. The average molecular weight is 317 g/mol. The molecule has 2 rings (SSSR count). The minimum Gasteiger partial charge on any atom is -0.339 e. The van der Waals surface area contributed by atoms with Crippen LogP contribution in [0.15, 0.2) is 18.2 Å². The highest BCUT2D eigenvalue weighted by Crippen LogP contribution is 2.23. The molecule has 1 fully saturated rings. The number of nitrogens with one attached hydrogen (secondary N) is 2. The van der Waals surface area contributed by atoms with Gasteiger partial charge in [-0.2, -0.15) is 0 Å². The first-order chi connectivity index (χ1) is 11.0. The highest BCUT2D eigenvalue weighted by molar-refractivity contribution is 6.04. The number of amides is 3. The normalized spacial score (nSPS) is 14.2. The standard InChI is InChI=1S/C18H27N3O2/c1-13(2)9-10-19-18(23)20-16-14(3)7-6-8-15(16)17(22)21-11-4-5-12-21/h6-8,13H,4-5,9-12H2,1-3H3,(H2,19,20,23). The molecule has 0 spiro atoms. The summed E-state index contributed by atoms with van der Waals surface area (Å²) in [6.07, 6.45) is 3.03. The summed E-state index contributed by atoms with van der Waals surface area (Å²) < 4.78 is 0. The molecule has 1 aromatic carbocycles. The summed E-state index contributed by atoms with van der Waals surface area (Å²) in [4.78, 5) is 26.6. The summed E-state index contributed by atoms with van der Waals surface area (Å²) >= 11 is 0. The highest BCUT2D eigenvalue weighted by Gasteiger charge is 2.23. The Labute approximate surface area is 138 Å². The fourth-order valence-corrected chi connectivity index (χ4v) is 2.73. The molecule has 0 bridgehead atoms. The van der Waals surface area contributed by atoms with Crippen LogP contribution in [0.25, 0.3) is 0 Å². The number of benzene rings is 1. The van der Waals surface area contributed by atoms with Crippen LogP contribution in [-0.2, 0) is 0 Å². The molecule has 0 aromatic heterocycles. The Morgan fingerprint density at radius 1 is 1.22 bits per heavy atom. The molecule has 2 N–H and O–H groups in total. The maximum Gasteiger partial charge on any atom is 0.319 e. The van der Waals surface area contributed by atoms with E-state index >= 15 is 0 Å². The van der Waals surface area contributed by atoms with Crippen molar-refractivity contribution in [1.29, 1.82) is 0 Å². The van der Waals surface area contributed by atoms with Crippen molar-refractivity contribution in [3.63, 3.8) is 0 Å². The smallest absolute Gasteiger partial charge is 0.319 e. The average Bonchev–Trinajstić information content (AvgIpc) is 3.02. The number of aryl methyl sites for hydroxylation is 1. The number of hydrogen-bond acceptors (Lipinski definition) is 2. The molecule has 3 amide bonds. The number of urea groups is 1. The van der Waals surface area contributed by atoms with Gasteiger partial charge >= 0.3 is 6.03 Å². The van der Waals surface area contributed by atoms with Crippen molar-refractivity contribution in [1.82, 2.24) is 10.2 Å². The molecular formula is C18H27N3O2. The number of carbonyl (C=O) groups excluding carboxylic acids is 2. The first-order valence-corrected chi connectivity index (χ1v) is 8.42. The van der Waals surface area contributed by atoms with Crippen LogP contribution in [0, 0.1) is 12.8 Å². The van der Waals surface area contributed by atoms with E-state index in [1.165, 1.54) is 0 Å². The van der Waals surface area contributed by atoms with Crippen molar-refractivity contribution in [3.05, 3.63) is 29.3 Å². The molecule has 0 unspecified atom stereocenters. The number of nitrogens with zero attached hydrogens (tertiary/aromatic N) is 1. The minimum absolute atomic E-state index is 0.00341. The first-order valence-electron chi connectivity index (χ1n) is 8.42. The van der Waals surface area contributed by atoms with E-state index in [1.807, 2.05) is 24.0 Å². The predicted octanol–water partition coefficient (Wildman–Crippen LogP) is 3.40. The van der Waals surface area contributed by atoms with E-state index in [2.05, 4.69) is 24.5 Å². The van der Waals surface area contributed by atoms with Crippen molar-refractivity contribution in [2.24, 2.45) is 5.92 Å². The van der Waals surface area contributed by atoms with Gasteiger partial charge in [0.25, 0.3) is 5.91 Å². The van der Waals surface area contributed by atoms with E-state index in [4.69, 9.17) is 0 Å². The van der Waals surface area contributed by atoms with Crippen molar-refractivity contribution in [2.75, 3.05) is 25.0 Å². The summed E-state index contributed by atoms with van der Waals surface area (Å²) in [5.41, 5.74) is 2.09. The molecule has 1 heterocycles. The second kappa shape index (κ2) is 7.99. The lowest BCUT2D eigenvalue weighted by Gasteiger charge is -2.19. The topological polar surface area (TPSA) is 61.4 Å². The SMILES string of the molecule is Cc1cccc(C(=O)N2CCCC2)c1NC(=O)NCCC(C)C. The third kappa shape index (κ3) is 4.71. The lowest BCUT2D eigenvalue weighted by Crippen LogP contribution is -2.33. The van der Waals surface area contributed by atoms with Crippen LogP contribution in [0.5, 0.6) is 0 Å². The van der Waals surface area contributed by atoms with Crippen molar-refractivity contribution >= 4 is 17.6 Å². The molecular weight excluding hydrogens is 290 g/mol. The maximum absolute atomic E-state index is 12.7. The van der Waals surface area contributed by atoms with Gasteiger partial charge in [-0.05, 0) is 43.7 Å². The fourth-order valence-electron chi connectivity index (χ4n) is 2.73. The van der Waals surface area contributed by atoms with E-state index in [-0.39, 0.29) is 11.9 Å². The minimum atomic E-state index is -0.254. The molecule has 0 radical (unpaired) electrons. The van der Waals surface area contributed by atoms with Crippen molar-refractivity contribution in [3.8, 4) is 0 Å². The van der Waals surface area contributed by atoms with Gasteiger partial charge in [0, 0.05) is 19.6 Å². The molecule has 1 aliphatic rings. The summed E-state index contributed by atoms with van der Waals surface area (Å²) in [6, 6.07) is 5.30. The predicted molar refractivity (Wildman–Crippen MR) is 92.8 cm³/mol. The van der Waals surface area contributed by atoms with Crippen LogP contribution in [0.4, 0.5) is 10.5 Å². The van der Waals surface area contributed by atoms with Gasteiger partial charge in [-0.3, -0.25) is 4.79 Å². The number of anilines is 1. The molecule has 1 saturated heterocycles. The van der Waals surface area contributed by atoms with Gasteiger partial charge in [0.15, 0.2) is 0 Å². The molecule has 0 aliphatic carbocycles. The summed E-state index contributed by atoms with van der Waals surface area (Å²) in [5.74, 6) is 0.546. The van der Waals surface area contributed by atoms with Crippen molar-refractivity contribution in [2.45, 2.75) is 40.0 Å². The van der Waals surface area contributed by atoms with Crippen LogP contribution in [0.3, 0.4) is 0 Å². The number of para-hydroxylation sites is 1. The quantitative estimate of drug-likeness (QED) is 0.874.